The Labute approximate surface area is 124 Å². The maximum absolute atomic E-state index is 12.2. The third-order valence-electron chi connectivity index (χ3n) is 3.60. The van der Waals surface area contributed by atoms with Crippen molar-refractivity contribution in [1.82, 2.24) is 25.2 Å². The summed E-state index contributed by atoms with van der Waals surface area (Å²) in [6, 6.07) is 0.296. The van der Waals surface area contributed by atoms with E-state index in [9.17, 15) is 9.90 Å². The van der Waals surface area contributed by atoms with Gasteiger partial charge in [0, 0.05) is 20.7 Å². The molecule has 0 radical (unpaired) electrons. The van der Waals surface area contributed by atoms with E-state index >= 15 is 0 Å². The zero-order valence-electron chi connectivity index (χ0n) is 12.5. The predicted octanol–water partition coefficient (Wildman–Crippen LogP) is -0.718. The van der Waals surface area contributed by atoms with Crippen LogP contribution in [0.3, 0.4) is 0 Å². The smallest absolute Gasteiger partial charge is 0.275 e. The van der Waals surface area contributed by atoms with Crippen molar-refractivity contribution in [2.45, 2.75) is 25.0 Å². The highest BCUT2D eigenvalue weighted by Gasteiger charge is 2.21. The van der Waals surface area contributed by atoms with E-state index in [0.29, 0.717) is 11.7 Å². The molecular formula is C13H23N5O3. The van der Waals surface area contributed by atoms with Gasteiger partial charge in [-0.2, -0.15) is 0 Å². The topological polar surface area (TPSA) is 92.5 Å². The average Bonchev–Trinajstić information content (AvgIpc) is 2.97. The molecule has 1 aromatic heterocycles. The third-order valence-corrected chi connectivity index (χ3v) is 3.60. The molecule has 1 atom stereocenters. The van der Waals surface area contributed by atoms with Gasteiger partial charge >= 0.3 is 0 Å². The van der Waals surface area contributed by atoms with Gasteiger partial charge in [0.1, 0.15) is 0 Å². The minimum absolute atomic E-state index is 0.194. The monoisotopic (exact) mass is 297 g/mol. The molecule has 1 aliphatic rings. The minimum Gasteiger partial charge on any atom is -0.389 e. The summed E-state index contributed by atoms with van der Waals surface area (Å²) < 4.78 is 6.62. The second-order valence-corrected chi connectivity index (χ2v) is 5.36. The summed E-state index contributed by atoms with van der Waals surface area (Å²) in [4.78, 5) is 13.7. The summed E-state index contributed by atoms with van der Waals surface area (Å²) in [7, 11) is 3.14. The number of likely N-dealkylation sites (N-methyl/N-ethyl adjacent to an activating group) is 1. The van der Waals surface area contributed by atoms with E-state index in [1.807, 2.05) is 0 Å². The zero-order chi connectivity index (χ0) is 15.2. The molecule has 0 aliphatic carbocycles. The van der Waals surface area contributed by atoms with Crippen LogP contribution in [-0.4, -0.2) is 77.4 Å². The van der Waals surface area contributed by atoms with Gasteiger partial charge in [-0.25, -0.2) is 4.68 Å². The fraction of sp³-hybridized carbons (Fsp3) is 0.769. The number of carbonyl (C=O) groups is 1. The number of aliphatic hydroxyl groups is 1. The van der Waals surface area contributed by atoms with E-state index in [2.05, 4.69) is 15.6 Å². The molecule has 0 spiro atoms. The van der Waals surface area contributed by atoms with Gasteiger partial charge in [-0.15, -0.1) is 5.10 Å². The molecule has 0 saturated carbocycles. The Balaban J connectivity index is 1.94. The number of nitrogens with one attached hydrogen (secondary N) is 1. The van der Waals surface area contributed by atoms with Crippen LogP contribution in [0, 0.1) is 0 Å². The SMILES string of the molecule is COCC(O)CN(C)C(=O)c1cn(C2CCNCC2)nn1. The molecule has 8 heteroatoms. The van der Waals surface area contributed by atoms with Crippen LogP contribution in [-0.2, 0) is 4.74 Å². The summed E-state index contributed by atoms with van der Waals surface area (Å²) >= 11 is 0. The van der Waals surface area contributed by atoms with E-state index in [4.69, 9.17) is 4.74 Å². The Morgan fingerprint density at radius 1 is 1.62 bits per heavy atom. The molecule has 8 nitrogen and oxygen atoms in total. The molecule has 1 amide bonds. The molecule has 2 N–H and O–H groups in total. The lowest BCUT2D eigenvalue weighted by molar-refractivity contribution is 0.0378. The first-order valence-electron chi connectivity index (χ1n) is 7.17. The van der Waals surface area contributed by atoms with Crippen molar-refractivity contribution in [1.29, 1.82) is 0 Å². The van der Waals surface area contributed by atoms with Gasteiger partial charge in [0.05, 0.1) is 24.9 Å². The van der Waals surface area contributed by atoms with Crippen LogP contribution in [0.25, 0.3) is 0 Å². The van der Waals surface area contributed by atoms with Crippen LogP contribution in [0.15, 0.2) is 6.20 Å². The molecule has 21 heavy (non-hydrogen) atoms. The molecular weight excluding hydrogens is 274 g/mol. The Hall–Kier alpha value is -1.51. The molecule has 1 aliphatic heterocycles. The highest BCUT2D eigenvalue weighted by molar-refractivity contribution is 5.91. The highest BCUT2D eigenvalue weighted by atomic mass is 16.5. The number of nitrogens with zero attached hydrogens (tertiary/aromatic N) is 4. The minimum atomic E-state index is -0.705. The Bertz CT molecular complexity index is 458. The van der Waals surface area contributed by atoms with Gasteiger partial charge in [-0.1, -0.05) is 5.21 Å². The first kappa shape index (κ1) is 15.9. The molecule has 2 rings (SSSR count). The number of hydrogen-bond acceptors (Lipinski definition) is 6. The van der Waals surface area contributed by atoms with Crippen LogP contribution in [0.2, 0.25) is 0 Å². The first-order valence-corrected chi connectivity index (χ1v) is 7.17. The van der Waals surface area contributed by atoms with E-state index in [-0.39, 0.29) is 19.1 Å². The standard InChI is InChI=1S/C13H23N5O3/c1-17(7-11(19)9-21-2)13(20)12-8-18(16-15-12)10-3-5-14-6-4-10/h8,10-11,14,19H,3-7,9H2,1-2H3. The van der Waals surface area contributed by atoms with Gasteiger partial charge in [0.2, 0.25) is 0 Å². The summed E-state index contributed by atoms with van der Waals surface area (Å²) in [6.45, 7) is 2.31. The number of carbonyl (C=O) groups excluding carboxylic acids is 1. The number of aliphatic hydroxyl groups excluding tert-OH is 1. The van der Waals surface area contributed by atoms with E-state index in [1.165, 1.54) is 12.0 Å². The maximum atomic E-state index is 12.2. The number of rotatable bonds is 6. The first-order chi connectivity index (χ1) is 10.1. The van der Waals surface area contributed by atoms with Crippen LogP contribution < -0.4 is 5.32 Å². The fourth-order valence-electron chi connectivity index (χ4n) is 2.46. The van der Waals surface area contributed by atoms with E-state index in [1.54, 1.807) is 17.9 Å². The molecule has 0 aromatic carbocycles. The normalized spacial score (nSPS) is 17.7. The summed E-state index contributed by atoms with van der Waals surface area (Å²) in [5.41, 5.74) is 0.306. The Morgan fingerprint density at radius 2 is 2.33 bits per heavy atom. The highest BCUT2D eigenvalue weighted by Crippen LogP contribution is 2.17. The largest absolute Gasteiger partial charge is 0.389 e. The second-order valence-electron chi connectivity index (χ2n) is 5.36. The van der Waals surface area contributed by atoms with Crippen molar-refractivity contribution in [3.63, 3.8) is 0 Å². The Kier molecular flexibility index (Phi) is 5.66. The number of amides is 1. The van der Waals surface area contributed by atoms with Crippen molar-refractivity contribution in [3.05, 3.63) is 11.9 Å². The fourth-order valence-corrected chi connectivity index (χ4v) is 2.46. The summed E-state index contributed by atoms with van der Waals surface area (Å²) in [6.07, 6.45) is 2.96. The Morgan fingerprint density at radius 3 is 3.00 bits per heavy atom. The van der Waals surface area contributed by atoms with Crippen LogP contribution in [0.1, 0.15) is 29.4 Å². The lowest BCUT2D eigenvalue weighted by Crippen LogP contribution is -2.36. The van der Waals surface area contributed by atoms with Crippen molar-refractivity contribution in [2.24, 2.45) is 0 Å². The number of methoxy groups -OCH3 is 1. The number of ether oxygens (including phenoxy) is 1. The van der Waals surface area contributed by atoms with Crippen LogP contribution in [0.5, 0.6) is 0 Å². The molecule has 2 heterocycles. The number of aromatic nitrogens is 3. The molecule has 118 valence electrons. The van der Waals surface area contributed by atoms with Gasteiger partial charge in [-0.05, 0) is 25.9 Å². The third kappa shape index (κ3) is 4.23. The van der Waals surface area contributed by atoms with Crippen molar-refractivity contribution >= 4 is 5.91 Å². The van der Waals surface area contributed by atoms with E-state index < -0.39 is 6.10 Å². The summed E-state index contributed by atoms with van der Waals surface area (Å²) in [5.74, 6) is -0.245. The number of piperidine rings is 1. The van der Waals surface area contributed by atoms with Crippen molar-refractivity contribution in [3.8, 4) is 0 Å². The lowest BCUT2D eigenvalue weighted by atomic mass is 10.1. The van der Waals surface area contributed by atoms with E-state index in [0.717, 1.165) is 25.9 Å². The molecule has 1 fully saturated rings. The predicted molar refractivity (Wildman–Crippen MR) is 76.0 cm³/mol. The van der Waals surface area contributed by atoms with Gasteiger partial charge in [0.25, 0.3) is 5.91 Å². The molecule has 1 aromatic rings. The maximum Gasteiger partial charge on any atom is 0.275 e. The average molecular weight is 297 g/mol. The van der Waals surface area contributed by atoms with Crippen molar-refractivity contribution in [2.75, 3.05) is 40.4 Å². The number of hydrogen-bond donors (Lipinski definition) is 2. The van der Waals surface area contributed by atoms with Gasteiger partial charge in [0.15, 0.2) is 5.69 Å². The summed E-state index contributed by atoms with van der Waals surface area (Å²) in [5, 5.41) is 21.0. The van der Waals surface area contributed by atoms with Crippen LogP contribution >= 0.6 is 0 Å². The van der Waals surface area contributed by atoms with Crippen molar-refractivity contribution < 1.29 is 14.6 Å². The van der Waals surface area contributed by atoms with Crippen LogP contribution in [0.4, 0.5) is 0 Å². The quantitative estimate of drug-likeness (QED) is 0.720. The molecule has 1 saturated heterocycles. The van der Waals surface area contributed by atoms with Gasteiger partial charge < -0.3 is 20.1 Å². The second kappa shape index (κ2) is 7.48. The molecule has 0 bridgehead atoms. The van der Waals surface area contributed by atoms with Gasteiger partial charge in [-0.3, -0.25) is 4.79 Å². The zero-order valence-corrected chi connectivity index (χ0v) is 12.5. The lowest BCUT2D eigenvalue weighted by Gasteiger charge is -2.22. The molecule has 1 unspecified atom stereocenters.